The van der Waals surface area contributed by atoms with Crippen LogP contribution in [0.1, 0.15) is 91.4 Å². The molecule has 0 spiro atoms. The fourth-order valence-electron chi connectivity index (χ4n) is 8.73. The molecular weight excluding hydrogens is 354 g/mol. The lowest BCUT2D eigenvalue weighted by molar-refractivity contribution is -0.117. The summed E-state index contributed by atoms with van der Waals surface area (Å²) in [6, 6.07) is 0. The Balaban J connectivity index is 1.38. The number of allylic oxidation sites excluding steroid dienone is 2. The van der Waals surface area contributed by atoms with Crippen molar-refractivity contribution in [2.75, 3.05) is 13.1 Å². The Hall–Kier alpha value is -1.05. The first-order chi connectivity index (χ1) is 13.9. The molecule has 1 saturated heterocycles. The van der Waals surface area contributed by atoms with Crippen LogP contribution in [-0.2, 0) is 4.79 Å². The highest BCUT2D eigenvalue weighted by molar-refractivity contribution is 5.91. The highest BCUT2D eigenvalue weighted by Gasteiger charge is 2.59. The van der Waals surface area contributed by atoms with E-state index in [4.69, 9.17) is 0 Å². The zero-order chi connectivity index (χ0) is 20.2. The first-order valence-corrected chi connectivity index (χ1v) is 12.6. The molecular formula is C27H41NO. The molecule has 1 aliphatic heterocycles. The number of fused-ring (bicyclic) bond motifs is 5. The van der Waals surface area contributed by atoms with E-state index in [-0.39, 0.29) is 0 Å². The molecule has 1 heterocycles. The number of rotatable bonds is 2. The molecule has 4 aliphatic carbocycles. The maximum Gasteiger partial charge on any atom is 0.155 e. The molecule has 6 atom stereocenters. The molecule has 0 bridgehead atoms. The van der Waals surface area contributed by atoms with Gasteiger partial charge in [0.2, 0.25) is 0 Å². The highest BCUT2D eigenvalue weighted by Crippen LogP contribution is 2.67. The van der Waals surface area contributed by atoms with Crippen molar-refractivity contribution in [3.63, 3.8) is 0 Å². The lowest BCUT2D eigenvalue weighted by atomic mass is 9.46. The molecule has 29 heavy (non-hydrogen) atoms. The molecule has 0 aromatic rings. The van der Waals surface area contributed by atoms with E-state index in [2.05, 4.69) is 37.9 Å². The lowest BCUT2D eigenvalue weighted by Crippen LogP contribution is -2.50. The maximum atomic E-state index is 12.0. The van der Waals surface area contributed by atoms with E-state index in [1.165, 1.54) is 76.5 Å². The minimum Gasteiger partial charge on any atom is -0.377 e. The summed E-state index contributed by atoms with van der Waals surface area (Å²) in [4.78, 5) is 14.7. The molecule has 5 rings (SSSR count). The molecule has 3 saturated carbocycles. The van der Waals surface area contributed by atoms with Crippen molar-refractivity contribution < 1.29 is 4.79 Å². The van der Waals surface area contributed by atoms with Gasteiger partial charge in [0.25, 0.3) is 0 Å². The van der Waals surface area contributed by atoms with Crippen LogP contribution in [0.4, 0.5) is 0 Å². The van der Waals surface area contributed by atoms with Gasteiger partial charge >= 0.3 is 0 Å². The van der Waals surface area contributed by atoms with Crippen LogP contribution in [0.15, 0.2) is 23.4 Å². The summed E-state index contributed by atoms with van der Waals surface area (Å²) < 4.78 is 0. The number of hydrogen-bond acceptors (Lipinski definition) is 2. The Kier molecular flexibility index (Phi) is 4.99. The average molecular weight is 396 g/mol. The molecule has 160 valence electrons. The summed E-state index contributed by atoms with van der Waals surface area (Å²) in [6.45, 7) is 10.1. The Bertz CT molecular complexity index is 729. The van der Waals surface area contributed by atoms with Crippen molar-refractivity contribution in [1.82, 2.24) is 4.90 Å². The van der Waals surface area contributed by atoms with Crippen LogP contribution >= 0.6 is 0 Å². The van der Waals surface area contributed by atoms with Gasteiger partial charge in [0.15, 0.2) is 5.78 Å². The molecule has 0 amide bonds. The SMILES string of the molecule is C/C(=C\N1CCCCC1)[C@@H]1CC[C@@H]2[C@H]3CCC4=CC(=O)CC[C@]4(C)[C@@H]3CC[C@]21C. The predicted octanol–water partition coefficient (Wildman–Crippen LogP) is 6.52. The summed E-state index contributed by atoms with van der Waals surface area (Å²) in [5.41, 5.74) is 3.99. The molecule has 0 aromatic heterocycles. The summed E-state index contributed by atoms with van der Waals surface area (Å²) >= 11 is 0. The van der Waals surface area contributed by atoms with Gasteiger partial charge in [-0.1, -0.05) is 25.0 Å². The first kappa shape index (κ1) is 19.9. The fourth-order valence-corrected chi connectivity index (χ4v) is 8.73. The molecule has 2 nitrogen and oxygen atoms in total. The molecule has 4 fully saturated rings. The van der Waals surface area contributed by atoms with Crippen LogP contribution in [0.25, 0.3) is 0 Å². The zero-order valence-corrected chi connectivity index (χ0v) is 19.0. The topological polar surface area (TPSA) is 20.3 Å². The molecule has 0 N–H and O–H groups in total. The number of carbonyl (C=O) groups is 1. The third kappa shape index (κ3) is 3.15. The van der Waals surface area contributed by atoms with E-state index >= 15 is 0 Å². The molecule has 2 heteroatoms. The van der Waals surface area contributed by atoms with E-state index in [1.807, 2.05) is 0 Å². The number of piperidine rings is 1. The van der Waals surface area contributed by atoms with Gasteiger partial charge < -0.3 is 4.90 Å². The highest BCUT2D eigenvalue weighted by atomic mass is 16.1. The maximum absolute atomic E-state index is 12.0. The van der Waals surface area contributed by atoms with E-state index in [0.717, 1.165) is 36.5 Å². The summed E-state index contributed by atoms with van der Waals surface area (Å²) in [7, 11) is 0. The van der Waals surface area contributed by atoms with E-state index in [9.17, 15) is 4.79 Å². The van der Waals surface area contributed by atoms with Crippen molar-refractivity contribution >= 4 is 5.78 Å². The van der Waals surface area contributed by atoms with Crippen molar-refractivity contribution in [2.45, 2.75) is 91.4 Å². The van der Waals surface area contributed by atoms with Crippen molar-refractivity contribution in [3.8, 4) is 0 Å². The second-order valence-corrected chi connectivity index (χ2v) is 11.6. The summed E-state index contributed by atoms with van der Waals surface area (Å²) in [5.74, 6) is 3.77. The number of ketones is 1. The Labute approximate surface area is 178 Å². The van der Waals surface area contributed by atoms with Gasteiger partial charge in [-0.25, -0.2) is 0 Å². The Morgan fingerprint density at radius 3 is 2.59 bits per heavy atom. The van der Waals surface area contributed by atoms with Crippen LogP contribution in [0, 0.1) is 34.5 Å². The van der Waals surface area contributed by atoms with Gasteiger partial charge in [-0.2, -0.15) is 0 Å². The average Bonchev–Trinajstić information content (AvgIpc) is 3.06. The van der Waals surface area contributed by atoms with Crippen LogP contribution < -0.4 is 0 Å². The predicted molar refractivity (Wildman–Crippen MR) is 119 cm³/mol. The second-order valence-electron chi connectivity index (χ2n) is 11.6. The fraction of sp³-hybridized carbons (Fsp3) is 0.815. The minimum atomic E-state index is 0.314. The first-order valence-electron chi connectivity index (χ1n) is 12.6. The second kappa shape index (κ2) is 7.27. The number of carbonyl (C=O) groups excluding carboxylic acids is 1. The number of hydrogen-bond donors (Lipinski definition) is 0. The lowest BCUT2D eigenvalue weighted by Gasteiger charge is -2.58. The van der Waals surface area contributed by atoms with Gasteiger partial charge in [-0.3, -0.25) is 4.79 Å². The number of nitrogens with zero attached hydrogens (tertiary/aromatic N) is 1. The van der Waals surface area contributed by atoms with Gasteiger partial charge in [-0.15, -0.1) is 0 Å². The monoisotopic (exact) mass is 395 g/mol. The Morgan fingerprint density at radius 2 is 1.79 bits per heavy atom. The minimum absolute atomic E-state index is 0.314. The number of likely N-dealkylation sites (tertiary alicyclic amines) is 1. The van der Waals surface area contributed by atoms with Gasteiger partial charge in [0.05, 0.1) is 0 Å². The summed E-state index contributed by atoms with van der Waals surface area (Å²) in [5, 5.41) is 0. The summed E-state index contributed by atoms with van der Waals surface area (Å²) in [6.07, 6.45) is 18.8. The normalized spacial score (nSPS) is 45.3. The van der Waals surface area contributed by atoms with Gasteiger partial charge in [0.1, 0.15) is 0 Å². The quantitative estimate of drug-likeness (QED) is 0.530. The standard InChI is InChI=1S/C27H41NO/c1-19(18-28-15-5-4-6-16-28)23-9-10-24-22-8-7-20-17-21(29)11-13-26(20,2)25(22)12-14-27(23,24)3/h17-18,22-25H,4-16H2,1-3H3/b19-18+/t22-,23+,24-,25-,26+,27+/m1/s1. The van der Waals surface area contributed by atoms with Crippen LogP contribution in [0.5, 0.6) is 0 Å². The van der Waals surface area contributed by atoms with Crippen molar-refractivity contribution in [1.29, 1.82) is 0 Å². The molecule has 0 radical (unpaired) electrons. The smallest absolute Gasteiger partial charge is 0.155 e. The van der Waals surface area contributed by atoms with E-state index in [0.29, 0.717) is 16.6 Å². The van der Waals surface area contributed by atoms with Crippen LogP contribution in [-0.4, -0.2) is 23.8 Å². The molecule has 0 unspecified atom stereocenters. The van der Waals surface area contributed by atoms with Gasteiger partial charge in [0, 0.05) is 19.5 Å². The van der Waals surface area contributed by atoms with E-state index in [1.54, 1.807) is 5.57 Å². The Morgan fingerprint density at radius 1 is 1.00 bits per heavy atom. The van der Waals surface area contributed by atoms with Crippen LogP contribution in [0.2, 0.25) is 0 Å². The largest absolute Gasteiger partial charge is 0.377 e. The zero-order valence-electron chi connectivity index (χ0n) is 19.0. The third-order valence-corrected chi connectivity index (χ3v) is 10.3. The van der Waals surface area contributed by atoms with Crippen molar-refractivity contribution in [2.24, 2.45) is 34.5 Å². The molecule has 5 aliphatic rings. The molecule has 0 aromatic carbocycles. The van der Waals surface area contributed by atoms with E-state index < -0.39 is 0 Å². The third-order valence-electron chi connectivity index (χ3n) is 10.3. The van der Waals surface area contributed by atoms with Crippen LogP contribution in [0.3, 0.4) is 0 Å². The van der Waals surface area contributed by atoms with Crippen molar-refractivity contribution in [3.05, 3.63) is 23.4 Å². The van der Waals surface area contributed by atoms with Gasteiger partial charge in [-0.05, 0) is 118 Å².